The SMILES string of the molecule is CCOC(=O)C(c1csnn1)C(C(=O)OCc1ccccc1)C(=O)OCc1ccccc1. The normalized spacial score (nSPS) is 11.6. The molecule has 0 aliphatic heterocycles. The Kier molecular flexibility index (Phi) is 8.44. The maximum atomic E-state index is 13.0. The van der Waals surface area contributed by atoms with Crippen molar-refractivity contribution in [2.24, 2.45) is 5.92 Å². The smallest absolute Gasteiger partial charge is 0.321 e. The third-order valence-electron chi connectivity index (χ3n) is 4.53. The Hall–Kier alpha value is -3.59. The zero-order valence-electron chi connectivity index (χ0n) is 17.4. The average Bonchev–Trinajstić information content (AvgIpc) is 3.35. The molecule has 32 heavy (non-hydrogen) atoms. The van der Waals surface area contributed by atoms with Gasteiger partial charge in [0.2, 0.25) is 0 Å². The van der Waals surface area contributed by atoms with Gasteiger partial charge in [0.15, 0.2) is 5.92 Å². The van der Waals surface area contributed by atoms with Crippen molar-refractivity contribution in [2.45, 2.75) is 26.1 Å². The number of carbonyl (C=O) groups is 3. The van der Waals surface area contributed by atoms with Gasteiger partial charge in [0, 0.05) is 5.38 Å². The Balaban J connectivity index is 1.84. The molecule has 1 unspecified atom stereocenters. The molecule has 2 aromatic carbocycles. The van der Waals surface area contributed by atoms with E-state index in [2.05, 4.69) is 9.59 Å². The lowest BCUT2D eigenvalue weighted by Gasteiger charge is -2.21. The van der Waals surface area contributed by atoms with E-state index in [4.69, 9.17) is 14.2 Å². The molecule has 9 heteroatoms. The van der Waals surface area contributed by atoms with Crippen molar-refractivity contribution < 1.29 is 28.6 Å². The largest absolute Gasteiger partial charge is 0.465 e. The molecule has 0 aliphatic carbocycles. The van der Waals surface area contributed by atoms with Gasteiger partial charge in [-0.25, -0.2) is 0 Å². The fourth-order valence-corrected chi connectivity index (χ4v) is 3.46. The highest BCUT2D eigenvalue weighted by Gasteiger charge is 2.45. The van der Waals surface area contributed by atoms with Gasteiger partial charge in [-0.15, -0.1) is 5.10 Å². The van der Waals surface area contributed by atoms with E-state index in [9.17, 15) is 14.4 Å². The van der Waals surface area contributed by atoms with Crippen LogP contribution in [-0.2, 0) is 41.8 Å². The third kappa shape index (κ3) is 6.21. The molecule has 1 atom stereocenters. The van der Waals surface area contributed by atoms with Crippen LogP contribution in [0.1, 0.15) is 29.7 Å². The van der Waals surface area contributed by atoms with Crippen molar-refractivity contribution >= 4 is 29.4 Å². The van der Waals surface area contributed by atoms with E-state index in [1.165, 1.54) is 5.38 Å². The summed E-state index contributed by atoms with van der Waals surface area (Å²) < 4.78 is 19.6. The Morgan fingerprint density at radius 1 is 0.812 bits per heavy atom. The van der Waals surface area contributed by atoms with Crippen LogP contribution >= 0.6 is 11.5 Å². The van der Waals surface area contributed by atoms with Crippen LogP contribution in [0.3, 0.4) is 0 Å². The van der Waals surface area contributed by atoms with Crippen molar-refractivity contribution in [1.29, 1.82) is 0 Å². The van der Waals surface area contributed by atoms with Crippen molar-refractivity contribution in [3.05, 3.63) is 82.9 Å². The Morgan fingerprint density at radius 2 is 1.34 bits per heavy atom. The number of nitrogens with zero attached hydrogens (tertiary/aromatic N) is 2. The predicted molar refractivity (Wildman–Crippen MR) is 115 cm³/mol. The van der Waals surface area contributed by atoms with Crippen LogP contribution < -0.4 is 0 Å². The second kappa shape index (κ2) is 11.7. The molecule has 0 N–H and O–H groups in total. The Labute approximate surface area is 189 Å². The zero-order valence-corrected chi connectivity index (χ0v) is 18.2. The molecule has 0 radical (unpaired) electrons. The highest BCUT2D eigenvalue weighted by atomic mass is 32.1. The molecular weight excluding hydrogens is 432 g/mol. The zero-order chi connectivity index (χ0) is 22.8. The van der Waals surface area contributed by atoms with Gasteiger partial charge in [0.25, 0.3) is 0 Å². The van der Waals surface area contributed by atoms with Gasteiger partial charge in [0.05, 0.1) is 12.3 Å². The molecule has 8 nitrogen and oxygen atoms in total. The lowest BCUT2D eigenvalue weighted by molar-refractivity contribution is -0.170. The maximum absolute atomic E-state index is 13.0. The molecule has 1 heterocycles. The molecule has 0 fully saturated rings. The van der Waals surface area contributed by atoms with Gasteiger partial charge in [-0.2, -0.15) is 0 Å². The predicted octanol–water partition coefficient (Wildman–Crippen LogP) is 3.29. The first kappa shape index (κ1) is 23.1. The highest BCUT2D eigenvalue weighted by Crippen LogP contribution is 2.29. The van der Waals surface area contributed by atoms with E-state index < -0.39 is 29.7 Å². The minimum absolute atomic E-state index is 0.0625. The second-order valence-corrected chi connectivity index (χ2v) is 7.33. The average molecular weight is 455 g/mol. The minimum Gasteiger partial charge on any atom is -0.465 e. The van der Waals surface area contributed by atoms with Crippen LogP contribution in [-0.4, -0.2) is 34.1 Å². The number of rotatable bonds is 10. The molecule has 0 spiro atoms. The van der Waals surface area contributed by atoms with Crippen LogP contribution in [0.2, 0.25) is 0 Å². The number of hydrogen-bond donors (Lipinski definition) is 0. The van der Waals surface area contributed by atoms with E-state index in [0.717, 1.165) is 22.7 Å². The van der Waals surface area contributed by atoms with Gasteiger partial charge in [-0.05, 0) is 29.6 Å². The summed E-state index contributed by atoms with van der Waals surface area (Å²) in [5.74, 6) is -5.51. The van der Waals surface area contributed by atoms with Gasteiger partial charge >= 0.3 is 17.9 Å². The van der Waals surface area contributed by atoms with Crippen LogP contribution in [0.25, 0.3) is 0 Å². The summed E-state index contributed by atoms with van der Waals surface area (Å²) in [5, 5.41) is 5.38. The van der Waals surface area contributed by atoms with Gasteiger partial charge in [0.1, 0.15) is 19.1 Å². The lowest BCUT2D eigenvalue weighted by Crippen LogP contribution is -2.38. The quantitative estimate of drug-likeness (QED) is 0.261. The number of benzene rings is 2. The standard InChI is InChI=1S/C23H22N2O6S/c1-2-29-21(26)19(18-15-32-25-24-18)20(22(27)30-13-16-9-5-3-6-10-16)23(28)31-14-17-11-7-4-8-12-17/h3-12,15,19-20H,2,13-14H2,1H3. The van der Waals surface area contributed by atoms with E-state index in [1.807, 2.05) is 12.1 Å². The van der Waals surface area contributed by atoms with E-state index in [-0.39, 0.29) is 25.5 Å². The summed E-state index contributed by atoms with van der Waals surface area (Å²) in [5.41, 5.74) is 1.62. The summed E-state index contributed by atoms with van der Waals surface area (Å²) >= 11 is 0.992. The molecule has 0 saturated carbocycles. The van der Waals surface area contributed by atoms with Crippen LogP contribution in [0, 0.1) is 5.92 Å². The summed E-state index contributed by atoms with van der Waals surface area (Å²) in [4.78, 5) is 38.8. The molecule has 1 aromatic heterocycles. The number of ether oxygens (including phenoxy) is 3. The van der Waals surface area contributed by atoms with Gasteiger partial charge in [-0.3, -0.25) is 14.4 Å². The summed E-state index contributed by atoms with van der Waals surface area (Å²) in [6, 6.07) is 18.0. The molecule has 3 rings (SSSR count). The van der Waals surface area contributed by atoms with E-state index in [1.54, 1.807) is 55.5 Å². The van der Waals surface area contributed by atoms with Crippen LogP contribution in [0.4, 0.5) is 0 Å². The number of hydrogen-bond acceptors (Lipinski definition) is 9. The maximum Gasteiger partial charge on any atom is 0.321 e. The molecule has 3 aromatic rings. The van der Waals surface area contributed by atoms with E-state index >= 15 is 0 Å². The van der Waals surface area contributed by atoms with Crippen LogP contribution in [0.15, 0.2) is 66.0 Å². The Morgan fingerprint density at radius 3 is 1.78 bits per heavy atom. The van der Waals surface area contributed by atoms with E-state index in [0.29, 0.717) is 0 Å². The van der Waals surface area contributed by atoms with Crippen molar-refractivity contribution in [3.8, 4) is 0 Å². The Bertz CT molecular complexity index is 956. The molecule has 0 aliphatic rings. The van der Waals surface area contributed by atoms with Gasteiger partial charge in [-0.1, -0.05) is 65.2 Å². The monoisotopic (exact) mass is 454 g/mol. The summed E-state index contributed by atoms with van der Waals surface area (Å²) in [7, 11) is 0. The highest BCUT2D eigenvalue weighted by molar-refractivity contribution is 7.03. The third-order valence-corrected chi connectivity index (χ3v) is 5.05. The molecule has 0 bridgehead atoms. The topological polar surface area (TPSA) is 105 Å². The van der Waals surface area contributed by atoms with Crippen molar-refractivity contribution in [1.82, 2.24) is 9.59 Å². The number of esters is 3. The van der Waals surface area contributed by atoms with Crippen LogP contribution in [0.5, 0.6) is 0 Å². The molecule has 166 valence electrons. The summed E-state index contributed by atoms with van der Waals surface area (Å²) in [6.07, 6.45) is 0. The van der Waals surface area contributed by atoms with Crippen molar-refractivity contribution in [2.75, 3.05) is 6.61 Å². The summed E-state index contributed by atoms with van der Waals surface area (Å²) in [6.45, 7) is 1.57. The number of carbonyl (C=O) groups excluding carboxylic acids is 3. The fourth-order valence-electron chi connectivity index (χ4n) is 2.97. The molecular formula is C23H22N2O6S. The fraction of sp³-hybridized carbons (Fsp3) is 0.261. The second-order valence-electron chi connectivity index (χ2n) is 6.72. The first-order valence-corrected chi connectivity index (χ1v) is 10.8. The first-order valence-electron chi connectivity index (χ1n) is 9.94. The number of aromatic nitrogens is 2. The molecule has 0 amide bonds. The van der Waals surface area contributed by atoms with Crippen molar-refractivity contribution in [3.63, 3.8) is 0 Å². The minimum atomic E-state index is -1.59. The lowest BCUT2D eigenvalue weighted by atomic mass is 9.89. The van der Waals surface area contributed by atoms with Gasteiger partial charge < -0.3 is 14.2 Å². The molecule has 0 saturated heterocycles. The first-order chi connectivity index (χ1) is 15.6.